The van der Waals surface area contributed by atoms with Gasteiger partial charge in [0.2, 0.25) is 5.95 Å². The van der Waals surface area contributed by atoms with Gasteiger partial charge in [-0.25, -0.2) is 9.18 Å². The van der Waals surface area contributed by atoms with Gasteiger partial charge in [0.05, 0.1) is 19.3 Å². The van der Waals surface area contributed by atoms with Crippen molar-refractivity contribution in [2.24, 2.45) is 13.0 Å². The molecule has 1 aliphatic heterocycles. The number of rotatable bonds is 4. The molecule has 0 saturated carbocycles. The SMILES string of the molecule is COc1ccccc1N1C[C@@H](C)Cn2c1nc1c2c(=O)n(Cc2c(F)cccc2Cl)c(=O)n1C. The van der Waals surface area contributed by atoms with Gasteiger partial charge in [-0.3, -0.25) is 13.9 Å². The zero-order chi connectivity index (χ0) is 24.1. The average molecular weight is 484 g/mol. The molecular formula is C24H23ClFN5O3. The summed E-state index contributed by atoms with van der Waals surface area (Å²) in [6.45, 7) is 3.01. The van der Waals surface area contributed by atoms with Gasteiger partial charge in [-0.05, 0) is 30.2 Å². The van der Waals surface area contributed by atoms with Crippen molar-refractivity contribution in [2.45, 2.75) is 20.0 Å². The van der Waals surface area contributed by atoms with Crippen LogP contribution in [0.5, 0.6) is 5.75 Å². The quantitative estimate of drug-likeness (QED) is 0.444. The van der Waals surface area contributed by atoms with Gasteiger partial charge >= 0.3 is 5.69 Å². The smallest absolute Gasteiger partial charge is 0.332 e. The molecule has 0 saturated heterocycles. The summed E-state index contributed by atoms with van der Waals surface area (Å²) in [4.78, 5) is 33.5. The van der Waals surface area contributed by atoms with Crippen LogP contribution in [0.25, 0.3) is 11.2 Å². The normalized spacial score (nSPS) is 15.6. The van der Waals surface area contributed by atoms with E-state index in [0.717, 1.165) is 10.3 Å². The van der Waals surface area contributed by atoms with Crippen LogP contribution in [0.1, 0.15) is 12.5 Å². The minimum Gasteiger partial charge on any atom is -0.495 e. The summed E-state index contributed by atoms with van der Waals surface area (Å²) in [6, 6.07) is 11.8. The average Bonchev–Trinajstić information content (AvgIpc) is 3.21. The Morgan fingerprint density at radius 1 is 1.15 bits per heavy atom. The molecule has 8 nitrogen and oxygen atoms in total. The number of halogens is 2. The van der Waals surface area contributed by atoms with Gasteiger partial charge in [0.25, 0.3) is 5.56 Å². The molecule has 0 N–H and O–H groups in total. The molecule has 4 aromatic rings. The number of anilines is 2. The molecule has 176 valence electrons. The number of hydrogen-bond acceptors (Lipinski definition) is 5. The highest BCUT2D eigenvalue weighted by Gasteiger charge is 2.31. The predicted octanol–water partition coefficient (Wildman–Crippen LogP) is 3.53. The second kappa shape index (κ2) is 8.32. The number of methoxy groups -OCH3 is 1. The van der Waals surface area contributed by atoms with E-state index in [0.29, 0.717) is 24.8 Å². The van der Waals surface area contributed by atoms with Gasteiger partial charge in [-0.2, -0.15) is 4.98 Å². The first-order chi connectivity index (χ1) is 16.3. The number of aromatic nitrogens is 4. The van der Waals surface area contributed by atoms with Crippen LogP contribution < -0.4 is 20.9 Å². The van der Waals surface area contributed by atoms with Crippen molar-refractivity contribution < 1.29 is 9.13 Å². The van der Waals surface area contributed by atoms with Crippen LogP contribution in [0.2, 0.25) is 5.02 Å². The number of fused-ring (bicyclic) bond motifs is 3. The van der Waals surface area contributed by atoms with E-state index in [1.54, 1.807) is 14.2 Å². The Balaban J connectivity index is 1.75. The molecular weight excluding hydrogens is 461 g/mol. The van der Waals surface area contributed by atoms with Crippen molar-refractivity contribution in [1.29, 1.82) is 0 Å². The third-order valence-electron chi connectivity index (χ3n) is 6.20. The van der Waals surface area contributed by atoms with E-state index < -0.39 is 17.1 Å². The molecule has 0 fully saturated rings. The summed E-state index contributed by atoms with van der Waals surface area (Å²) in [7, 11) is 3.16. The Morgan fingerprint density at radius 3 is 2.65 bits per heavy atom. The number of benzene rings is 2. The lowest BCUT2D eigenvalue weighted by Crippen LogP contribution is -2.41. The molecule has 1 aliphatic rings. The van der Waals surface area contributed by atoms with Crippen molar-refractivity contribution in [2.75, 3.05) is 18.6 Å². The molecule has 0 spiro atoms. The summed E-state index contributed by atoms with van der Waals surface area (Å²) >= 11 is 6.17. The maximum Gasteiger partial charge on any atom is 0.332 e. The Hall–Kier alpha value is -3.59. The zero-order valence-electron chi connectivity index (χ0n) is 19.0. The summed E-state index contributed by atoms with van der Waals surface area (Å²) < 4.78 is 24.2. The lowest BCUT2D eigenvalue weighted by molar-refractivity contribution is 0.409. The molecule has 0 unspecified atom stereocenters. The second-order valence-electron chi connectivity index (χ2n) is 8.52. The fourth-order valence-corrected chi connectivity index (χ4v) is 4.76. The van der Waals surface area contributed by atoms with Crippen molar-refractivity contribution in [3.8, 4) is 5.75 Å². The van der Waals surface area contributed by atoms with Gasteiger partial charge in [0, 0.05) is 30.7 Å². The maximum atomic E-state index is 14.4. The predicted molar refractivity (Wildman–Crippen MR) is 129 cm³/mol. The largest absolute Gasteiger partial charge is 0.495 e. The van der Waals surface area contributed by atoms with Crippen LogP contribution in [0, 0.1) is 11.7 Å². The highest BCUT2D eigenvalue weighted by molar-refractivity contribution is 6.31. The molecule has 3 heterocycles. The first kappa shape index (κ1) is 22.2. The van der Waals surface area contributed by atoms with Gasteiger partial charge in [0.1, 0.15) is 11.6 Å². The van der Waals surface area contributed by atoms with E-state index in [2.05, 4.69) is 6.92 Å². The number of para-hydroxylation sites is 2. The summed E-state index contributed by atoms with van der Waals surface area (Å²) in [5, 5.41) is 0.153. The third kappa shape index (κ3) is 3.38. The van der Waals surface area contributed by atoms with Gasteiger partial charge in [-0.15, -0.1) is 0 Å². The maximum absolute atomic E-state index is 14.4. The van der Waals surface area contributed by atoms with Crippen LogP contribution >= 0.6 is 11.6 Å². The summed E-state index contributed by atoms with van der Waals surface area (Å²) in [5.41, 5.74) is 0.335. The van der Waals surface area contributed by atoms with Gasteiger partial charge in [0.15, 0.2) is 11.2 Å². The summed E-state index contributed by atoms with van der Waals surface area (Å²) in [5.74, 6) is 0.829. The van der Waals surface area contributed by atoms with Gasteiger partial charge < -0.3 is 14.2 Å². The minimum absolute atomic E-state index is 0.0881. The van der Waals surface area contributed by atoms with E-state index in [1.165, 1.54) is 22.8 Å². The molecule has 1 atom stereocenters. The fraction of sp³-hybridized carbons (Fsp3) is 0.292. The topological polar surface area (TPSA) is 74.3 Å². The van der Waals surface area contributed by atoms with E-state index >= 15 is 0 Å². The highest BCUT2D eigenvalue weighted by Crippen LogP contribution is 2.37. The van der Waals surface area contributed by atoms with Crippen LogP contribution in [-0.2, 0) is 20.1 Å². The molecule has 0 radical (unpaired) electrons. The number of ether oxygens (including phenoxy) is 1. The molecule has 2 aromatic heterocycles. The van der Waals surface area contributed by atoms with Crippen molar-refractivity contribution in [3.05, 3.63) is 79.7 Å². The number of nitrogens with zero attached hydrogens (tertiary/aromatic N) is 5. The first-order valence-electron chi connectivity index (χ1n) is 10.8. The molecule has 34 heavy (non-hydrogen) atoms. The first-order valence-corrected chi connectivity index (χ1v) is 11.2. The van der Waals surface area contributed by atoms with Gasteiger partial charge in [-0.1, -0.05) is 36.7 Å². The number of imidazole rings is 1. The molecule has 0 amide bonds. The summed E-state index contributed by atoms with van der Waals surface area (Å²) in [6.07, 6.45) is 0. The highest BCUT2D eigenvalue weighted by atomic mass is 35.5. The van der Waals surface area contributed by atoms with E-state index in [1.807, 2.05) is 33.7 Å². The third-order valence-corrected chi connectivity index (χ3v) is 6.55. The standard InChI is InChI=1S/C24H23ClFN5O3/c1-14-11-29(18-9-4-5-10-19(18)34-3)23-27-21-20(30(23)12-14)22(32)31(24(33)28(21)2)13-15-16(25)7-6-8-17(15)26/h4-10,14H,11-13H2,1-3H3/t14-/m1/s1. The lowest BCUT2D eigenvalue weighted by Gasteiger charge is -2.33. The monoisotopic (exact) mass is 483 g/mol. The Morgan fingerprint density at radius 2 is 1.91 bits per heavy atom. The number of aryl methyl sites for hydroxylation is 1. The van der Waals surface area contributed by atoms with Crippen LogP contribution in [0.3, 0.4) is 0 Å². The Labute approximate surface area is 199 Å². The lowest BCUT2D eigenvalue weighted by atomic mass is 10.1. The van der Waals surface area contributed by atoms with Crippen molar-refractivity contribution >= 4 is 34.4 Å². The fourth-order valence-electron chi connectivity index (χ4n) is 4.54. The zero-order valence-corrected chi connectivity index (χ0v) is 19.7. The van der Waals surface area contributed by atoms with Crippen LogP contribution in [0.15, 0.2) is 52.1 Å². The molecule has 10 heteroatoms. The number of hydrogen-bond donors (Lipinski definition) is 0. The Bertz CT molecular complexity index is 1520. The minimum atomic E-state index is -0.593. The Kier molecular flexibility index (Phi) is 5.44. The molecule has 5 rings (SSSR count). The van der Waals surface area contributed by atoms with E-state index in [-0.39, 0.29) is 34.2 Å². The van der Waals surface area contributed by atoms with E-state index in [4.69, 9.17) is 21.3 Å². The second-order valence-corrected chi connectivity index (χ2v) is 8.92. The van der Waals surface area contributed by atoms with Crippen molar-refractivity contribution in [3.63, 3.8) is 0 Å². The molecule has 0 bridgehead atoms. The molecule has 2 aromatic carbocycles. The van der Waals surface area contributed by atoms with Crippen molar-refractivity contribution in [1.82, 2.24) is 18.7 Å². The van der Waals surface area contributed by atoms with Crippen LogP contribution in [0.4, 0.5) is 16.0 Å². The van der Waals surface area contributed by atoms with Crippen LogP contribution in [-0.4, -0.2) is 32.3 Å². The van der Waals surface area contributed by atoms with E-state index in [9.17, 15) is 14.0 Å². The molecule has 0 aliphatic carbocycles.